The first-order valence-electron chi connectivity index (χ1n) is 5.57. The number of halogens is 1. The van der Waals surface area contributed by atoms with E-state index in [4.69, 9.17) is 16.7 Å². The van der Waals surface area contributed by atoms with E-state index in [-0.39, 0.29) is 35.0 Å². The van der Waals surface area contributed by atoms with Gasteiger partial charge < -0.3 is 10.0 Å². The van der Waals surface area contributed by atoms with E-state index in [1.54, 1.807) is 4.90 Å². The zero-order valence-corrected chi connectivity index (χ0v) is 10.6. The van der Waals surface area contributed by atoms with Gasteiger partial charge in [0.15, 0.2) is 0 Å². The van der Waals surface area contributed by atoms with Crippen molar-refractivity contribution in [1.82, 2.24) is 9.97 Å². The molecule has 0 radical (unpaired) electrons. The van der Waals surface area contributed by atoms with E-state index < -0.39 is 4.92 Å². The first-order chi connectivity index (χ1) is 8.52. The van der Waals surface area contributed by atoms with Gasteiger partial charge in [0.05, 0.1) is 4.92 Å². The van der Waals surface area contributed by atoms with E-state index in [2.05, 4.69) is 9.97 Å². The maximum Gasteiger partial charge on any atom is 0.332 e. The fourth-order valence-corrected chi connectivity index (χ4v) is 2.33. The van der Waals surface area contributed by atoms with Crippen molar-refractivity contribution in [3.05, 3.63) is 21.1 Å². The van der Waals surface area contributed by atoms with E-state index in [0.717, 1.165) is 6.42 Å². The lowest BCUT2D eigenvalue weighted by atomic mass is 10.1. The van der Waals surface area contributed by atoms with Crippen LogP contribution in [0.3, 0.4) is 0 Å². The molecule has 1 atom stereocenters. The summed E-state index contributed by atoms with van der Waals surface area (Å²) in [5, 5.41) is 20.2. The predicted octanol–water partition coefficient (Wildman–Crippen LogP) is 1.17. The Morgan fingerprint density at radius 1 is 1.61 bits per heavy atom. The van der Waals surface area contributed by atoms with Crippen LogP contribution in [-0.2, 0) is 0 Å². The second-order valence-corrected chi connectivity index (χ2v) is 4.63. The van der Waals surface area contributed by atoms with Crippen molar-refractivity contribution in [2.75, 3.05) is 24.6 Å². The molecule has 0 bridgehead atoms. The van der Waals surface area contributed by atoms with Gasteiger partial charge in [0, 0.05) is 25.6 Å². The van der Waals surface area contributed by atoms with Crippen molar-refractivity contribution in [3.8, 4) is 0 Å². The fourth-order valence-electron chi connectivity index (χ4n) is 2.13. The fraction of sp³-hybridized carbons (Fsp3) is 0.600. The Bertz CT molecular complexity index is 482. The molecule has 1 fully saturated rings. The quantitative estimate of drug-likeness (QED) is 0.504. The molecule has 1 unspecified atom stereocenters. The minimum atomic E-state index is -0.493. The largest absolute Gasteiger partial charge is 0.396 e. The maximum absolute atomic E-state index is 11.1. The smallest absolute Gasteiger partial charge is 0.332 e. The number of hydrogen-bond donors (Lipinski definition) is 1. The van der Waals surface area contributed by atoms with Gasteiger partial charge in [-0.05, 0) is 24.9 Å². The molecule has 2 heterocycles. The molecular weight excluding hydrogens is 260 g/mol. The number of nitrogens with zero attached hydrogens (tertiary/aromatic N) is 4. The Morgan fingerprint density at radius 3 is 2.89 bits per heavy atom. The maximum atomic E-state index is 11.1. The van der Waals surface area contributed by atoms with Gasteiger partial charge >= 0.3 is 5.69 Å². The zero-order valence-electron chi connectivity index (χ0n) is 9.84. The Hall–Kier alpha value is -1.47. The normalized spacial score (nSPS) is 19.3. The van der Waals surface area contributed by atoms with Gasteiger partial charge in [-0.1, -0.05) is 0 Å². The summed E-state index contributed by atoms with van der Waals surface area (Å²) in [6.45, 7) is 2.78. The summed E-state index contributed by atoms with van der Waals surface area (Å²) < 4.78 is 0. The van der Waals surface area contributed by atoms with Crippen molar-refractivity contribution in [3.63, 3.8) is 0 Å². The molecule has 1 N–H and O–H groups in total. The molecule has 1 aromatic rings. The van der Waals surface area contributed by atoms with E-state index >= 15 is 0 Å². The average molecular weight is 273 g/mol. The van der Waals surface area contributed by atoms with Crippen LogP contribution in [0.25, 0.3) is 0 Å². The molecule has 8 heteroatoms. The molecule has 0 amide bonds. The van der Waals surface area contributed by atoms with Crippen LogP contribution in [0.4, 0.5) is 11.5 Å². The molecule has 2 rings (SSSR count). The predicted molar refractivity (Wildman–Crippen MR) is 65.8 cm³/mol. The number of anilines is 1. The molecule has 18 heavy (non-hydrogen) atoms. The average Bonchev–Trinajstić information content (AvgIpc) is 2.75. The molecule has 0 saturated carbocycles. The molecular formula is C10H13ClN4O3. The molecule has 1 saturated heterocycles. The van der Waals surface area contributed by atoms with E-state index in [0.29, 0.717) is 13.1 Å². The van der Waals surface area contributed by atoms with Gasteiger partial charge in [0.2, 0.25) is 11.1 Å². The molecule has 0 spiro atoms. The van der Waals surface area contributed by atoms with Crippen molar-refractivity contribution in [2.24, 2.45) is 5.92 Å². The summed E-state index contributed by atoms with van der Waals surface area (Å²) >= 11 is 5.75. The summed E-state index contributed by atoms with van der Waals surface area (Å²) in [5.74, 6) is 0.368. The van der Waals surface area contributed by atoms with Gasteiger partial charge in [0.25, 0.3) is 0 Å². The second-order valence-electron chi connectivity index (χ2n) is 4.29. The van der Waals surface area contributed by atoms with Gasteiger partial charge in [-0.2, -0.15) is 4.98 Å². The summed E-state index contributed by atoms with van der Waals surface area (Å²) in [6, 6.07) is 0. The van der Waals surface area contributed by atoms with Crippen LogP contribution < -0.4 is 4.90 Å². The van der Waals surface area contributed by atoms with Gasteiger partial charge in [0.1, 0.15) is 5.69 Å². The van der Waals surface area contributed by atoms with E-state index in [9.17, 15) is 10.1 Å². The van der Waals surface area contributed by atoms with Gasteiger partial charge in [-0.15, -0.1) is 0 Å². The lowest BCUT2D eigenvalue weighted by Crippen LogP contribution is -2.23. The number of hydrogen-bond acceptors (Lipinski definition) is 6. The van der Waals surface area contributed by atoms with Crippen LogP contribution in [0.5, 0.6) is 0 Å². The molecule has 1 aliphatic heterocycles. The second kappa shape index (κ2) is 5.03. The molecule has 1 aromatic heterocycles. The third kappa shape index (κ3) is 2.37. The third-order valence-corrected chi connectivity index (χ3v) is 3.21. The first-order valence-corrected chi connectivity index (χ1v) is 5.95. The molecule has 0 aromatic carbocycles. The number of aryl methyl sites for hydroxylation is 1. The lowest BCUT2D eigenvalue weighted by molar-refractivity contribution is -0.385. The molecule has 7 nitrogen and oxygen atoms in total. The number of aromatic nitrogens is 2. The minimum Gasteiger partial charge on any atom is -0.396 e. The highest BCUT2D eigenvalue weighted by Gasteiger charge is 2.31. The standard InChI is InChI=1S/C10H13ClN4O3/c1-6-8(15(17)18)9(13-10(11)12-6)14-3-2-7(4-14)5-16/h7,16H,2-5H2,1H3. The van der Waals surface area contributed by atoms with Gasteiger partial charge in [-0.3, -0.25) is 10.1 Å². The Morgan fingerprint density at radius 2 is 2.33 bits per heavy atom. The summed E-state index contributed by atoms with van der Waals surface area (Å²) in [6.07, 6.45) is 0.786. The third-order valence-electron chi connectivity index (χ3n) is 3.04. The lowest BCUT2D eigenvalue weighted by Gasteiger charge is -2.17. The number of aliphatic hydroxyl groups excluding tert-OH is 1. The van der Waals surface area contributed by atoms with Crippen LogP contribution >= 0.6 is 11.6 Å². The highest BCUT2D eigenvalue weighted by atomic mass is 35.5. The highest BCUT2D eigenvalue weighted by Crippen LogP contribution is 2.32. The van der Waals surface area contributed by atoms with Crippen molar-refractivity contribution in [1.29, 1.82) is 0 Å². The zero-order chi connectivity index (χ0) is 13.3. The van der Waals surface area contributed by atoms with Crippen molar-refractivity contribution < 1.29 is 10.0 Å². The van der Waals surface area contributed by atoms with Crippen LogP contribution in [0.1, 0.15) is 12.1 Å². The highest BCUT2D eigenvalue weighted by molar-refractivity contribution is 6.28. The first kappa shape index (κ1) is 13.0. The Kier molecular flexibility index (Phi) is 3.63. The number of aliphatic hydroxyl groups is 1. The minimum absolute atomic E-state index is 0.000508. The Balaban J connectivity index is 2.40. The molecule has 0 aliphatic carbocycles. The summed E-state index contributed by atoms with van der Waals surface area (Å²) in [4.78, 5) is 20.1. The molecule has 1 aliphatic rings. The van der Waals surface area contributed by atoms with Crippen molar-refractivity contribution in [2.45, 2.75) is 13.3 Å². The van der Waals surface area contributed by atoms with E-state index in [1.165, 1.54) is 6.92 Å². The van der Waals surface area contributed by atoms with Crippen LogP contribution in [0.2, 0.25) is 5.28 Å². The SMILES string of the molecule is Cc1nc(Cl)nc(N2CCC(CO)C2)c1[N+](=O)[O-]. The number of rotatable bonds is 3. The Labute approximate surface area is 109 Å². The molecule has 98 valence electrons. The van der Waals surface area contributed by atoms with Crippen LogP contribution in [0, 0.1) is 23.0 Å². The summed E-state index contributed by atoms with van der Waals surface area (Å²) in [5.41, 5.74) is 0.139. The van der Waals surface area contributed by atoms with Crippen LogP contribution in [-0.4, -0.2) is 39.7 Å². The number of nitro groups is 1. The monoisotopic (exact) mass is 272 g/mol. The van der Waals surface area contributed by atoms with E-state index in [1.807, 2.05) is 0 Å². The summed E-state index contributed by atoms with van der Waals surface area (Å²) in [7, 11) is 0. The van der Waals surface area contributed by atoms with Gasteiger partial charge in [-0.25, -0.2) is 4.98 Å². The van der Waals surface area contributed by atoms with Crippen LogP contribution in [0.15, 0.2) is 0 Å². The van der Waals surface area contributed by atoms with Crippen molar-refractivity contribution >= 4 is 23.1 Å². The topological polar surface area (TPSA) is 92.4 Å².